The average molecular weight is 405 g/mol. The summed E-state index contributed by atoms with van der Waals surface area (Å²) >= 11 is 0. The number of benzene rings is 1. The lowest BCUT2D eigenvalue weighted by Crippen LogP contribution is -2.52. The highest BCUT2D eigenvalue weighted by Crippen LogP contribution is 2.22. The first-order valence-electron chi connectivity index (χ1n) is 10.4. The summed E-state index contributed by atoms with van der Waals surface area (Å²) in [4.78, 5) is 26.8. The zero-order valence-corrected chi connectivity index (χ0v) is 17.3. The third-order valence-electron chi connectivity index (χ3n) is 5.32. The fourth-order valence-electron chi connectivity index (χ4n) is 3.79. The monoisotopic (exact) mass is 404 g/mol. The molecule has 2 aliphatic heterocycles. The van der Waals surface area contributed by atoms with Crippen molar-refractivity contribution in [1.29, 1.82) is 0 Å². The summed E-state index contributed by atoms with van der Waals surface area (Å²) < 4.78 is 11.1. The summed E-state index contributed by atoms with van der Waals surface area (Å²) in [5.74, 6) is 0.319. The average Bonchev–Trinajstić information content (AvgIpc) is 3.23. The van der Waals surface area contributed by atoms with Crippen LogP contribution in [-0.2, 0) is 9.47 Å². The molecule has 8 heteroatoms. The van der Waals surface area contributed by atoms with Gasteiger partial charge in [0.25, 0.3) is 5.91 Å². The number of carbonyl (C=O) groups excluding carboxylic acids is 2. The van der Waals surface area contributed by atoms with Crippen LogP contribution in [0.15, 0.2) is 24.3 Å². The Morgan fingerprint density at radius 1 is 1.10 bits per heavy atom. The molecular formula is C21H32N4O4. The molecule has 1 aromatic rings. The van der Waals surface area contributed by atoms with Crippen molar-refractivity contribution >= 4 is 17.6 Å². The van der Waals surface area contributed by atoms with Crippen LogP contribution in [0.2, 0.25) is 0 Å². The van der Waals surface area contributed by atoms with Crippen LogP contribution in [0.25, 0.3) is 0 Å². The van der Waals surface area contributed by atoms with Gasteiger partial charge in [-0.1, -0.05) is 0 Å². The van der Waals surface area contributed by atoms with Crippen LogP contribution in [0.4, 0.5) is 10.5 Å². The number of hydrogen-bond donors (Lipinski definition) is 3. The Morgan fingerprint density at radius 3 is 2.45 bits per heavy atom. The number of nitrogens with zero attached hydrogens (tertiary/aromatic N) is 1. The summed E-state index contributed by atoms with van der Waals surface area (Å²) in [6.45, 7) is 9.15. The molecule has 0 saturated carbocycles. The van der Waals surface area contributed by atoms with Gasteiger partial charge in [0, 0.05) is 55.5 Å². The van der Waals surface area contributed by atoms with Gasteiger partial charge in [0.05, 0.1) is 19.8 Å². The Labute approximate surface area is 172 Å². The minimum Gasteiger partial charge on any atom is -0.381 e. The van der Waals surface area contributed by atoms with Gasteiger partial charge in [-0.05, 0) is 44.5 Å². The summed E-state index contributed by atoms with van der Waals surface area (Å²) in [5, 5.41) is 8.60. The molecule has 2 unspecified atom stereocenters. The quantitative estimate of drug-likeness (QED) is 0.643. The molecule has 2 fully saturated rings. The van der Waals surface area contributed by atoms with E-state index in [4.69, 9.17) is 9.47 Å². The first-order valence-corrected chi connectivity index (χ1v) is 10.4. The smallest absolute Gasteiger partial charge is 0.319 e. The van der Waals surface area contributed by atoms with Gasteiger partial charge in [-0.15, -0.1) is 0 Å². The lowest BCUT2D eigenvalue weighted by Gasteiger charge is -2.37. The van der Waals surface area contributed by atoms with Gasteiger partial charge in [0.1, 0.15) is 0 Å². The third kappa shape index (κ3) is 6.42. The van der Waals surface area contributed by atoms with E-state index >= 15 is 0 Å². The van der Waals surface area contributed by atoms with Crippen molar-refractivity contribution in [2.75, 3.05) is 51.4 Å². The molecule has 160 valence electrons. The zero-order valence-electron chi connectivity index (χ0n) is 17.3. The Bertz CT molecular complexity index is 668. The maximum Gasteiger partial charge on any atom is 0.319 e. The molecule has 1 aromatic carbocycles. The Morgan fingerprint density at radius 2 is 1.83 bits per heavy atom. The van der Waals surface area contributed by atoms with Crippen molar-refractivity contribution < 1.29 is 19.1 Å². The molecule has 2 atom stereocenters. The maximum absolute atomic E-state index is 12.6. The number of carbonyl (C=O) groups is 2. The number of anilines is 1. The van der Waals surface area contributed by atoms with Gasteiger partial charge >= 0.3 is 6.03 Å². The van der Waals surface area contributed by atoms with Crippen molar-refractivity contribution in [3.05, 3.63) is 29.8 Å². The normalized spacial score (nSPS) is 21.0. The predicted octanol–water partition coefficient (Wildman–Crippen LogP) is 1.68. The SMILES string of the molecule is CC(C)NC(=O)Nc1ccc(C(=O)NCC(C2CCOC2)N2CCOCC2)cc1. The lowest BCUT2D eigenvalue weighted by atomic mass is 9.96. The van der Waals surface area contributed by atoms with Crippen LogP contribution in [0.3, 0.4) is 0 Å². The van der Waals surface area contributed by atoms with E-state index in [0.29, 0.717) is 23.7 Å². The number of nitrogens with one attached hydrogen (secondary N) is 3. The second-order valence-electron chi connectivity index (χ2n) is 7.88. The highest BCUT2D eigenvalue weighted by Gasteiger charge is 2.31. The van der Waals surface area contributed by atoms with Crippen LogP contribution >= 0.6 is 0 Å². The molecule has 0 bridgehead atoms. The minimum absolute atomic E-state index is 0.0599. The number of amides is 3. The van der Waals surface area contributed by atoms with Gasteiger partial charge in [-0.3, -0.25) is 9.69 Å². The molecule has 29 heavy (non-hydrogen) atoms. The van der Waals surface area contributed by atoms with Crippen LogP contribution in [0.5, 0.6) is 0 Å². The molecular weight excluding hydrogens is 372 g/mol. The first kappa shape index (κ1) is 21.5. The summed E-state index contributed by atoms with van der Waals surface area (Å²) in [6.07, 6.45) is 1.02. The number of rotatable bonds is 7. The third-order valence-corrected chi connectivity index (χ3v) is 5.32. The Kier molecular flexibility index (Phi) is 7.85. The molecule has 2 saturated heterocycles. The van der Waals surface area contributed by atoms with E-state index in [-0.39, 0.29) is 24.0 Å². The second-order valence-corrected chi connectivity index (χ2v) is 7.88. The molecule has 3 N–H and O–H groups in total. The van der Waals surface area contributed by atoms with E-state index in [1.807, 2.05) is 13.8 Å². The molecule has 0 spiro atoms. The zero-order chi connectivity index (χ0) is 20.6. The van der Waals surface area contributed by atoms with E-state index in [1.54, 1.807) is 24.3 Å². The largest absolute Gasteiger partial charge is 0.381 e. The lowest BCUT2D eigenvalue weighted by molar-refractivity contribution is 0.00166. The molecule has 3 rings (SSSR count). The van der Waals surface area contributed by atoms with Crippen LogP contribution in [0, 0.1) is 5.92 Å². The van der Waals surface area contributed by atoms with Gasteiger partial charge in [-0.2, -0.15) is 0 Å². The number of ether oxygens (including phenoxy) is 2. The molecule has 0 aliphatic carbocycles. The van der Waals surface area contributed by atoms with Crippen molar-refractivity contribution in [1.82, 2.24) is 15.5 Å². The van der Waals surface area contributed by atoms with E-state index in [2.05, 4.69) is 20.9 Å². The molecule has 2 heterocycles. The topological polar surface area (TPSA) is 91.9 Å². The molecule has 3 amide bonds. The maximum atomic E-state index is 12.6. The highest BCUT2D eigenvalue weighted by atomic mass is 16.5. The van der Waals surface area contributed by atoms with Crippen molar-refractivity contribution in [3.63, 3.8) is 0 Å². The number of hydrogen-bond acceptors (Lipinski definition) is 5. The van der Waals surface area contributed by atoms with Crippen LogP contribution in [-0.4, -0.2) is 75.0 Å². The van der Waals surface area contributed by atoms with E-state index < -0.39 is 0 Å². The first-order chi connectivity index (χ1) is 14.0. The van der Waals surface area contributed by atoms with Crippen LogP contribution in [0.1, 0.15) is 30.6 Å². The van der Waals surface area contributed by atoms with Crippen LogP contribution < -0.4 is 16.0 Å². The molecule has 0 aromatic heterocycles. The van der Waals surface area contributed by atoms with Crippen molar-refractivity contribution in [3.8, 4) is 0 Å². The molecule has 8 nitrogen and oxygen atoms in total. The van der Waals surface area contributed by atoms with Crippen molar-refractivity contribution in [2.24, 2.45) is 5.92 Å². The van der Waals surface area contributed by atoms with Gasteiger partial charge in [0.2, 0.25) is 0 Å². The van der Waals surface area contributed by atoms with Gasteiger partial charge in [0.15, 0.2) is 0 Å². The minimum atomic E-state index is -0.260. The predicted molar refractivity (Wildman–Crippen MR) is 111 cm³/mol. The number of morpholine rings is 1. The number of urea groups is 1. The van der Waals surface area contributed by atoms with E-state index in [1.165, 1.54) is 0 Å². The summed E-state index contributed by atoms with van der Waals surface area (Å²) in [5.41, 5.74) is 1.22. The van der Waals surface area contributed by atoms with Crippen molar-refractivity contribution in [2.45, 2.75) is 32.4 Å². The Hall–Kier alpha value is -2.16. The second kappa shape index (κ2) is 10.6. The summed E-state index contributed by atoms with van der Waals surface area (Å²) in [6, 6.07) is 6.98. The Balaban J connectivity index is 1.54. The fraction of sp³-hybridized carbons (Fsp3) is 0.619. The van der Waals surface area contributed by atoms with Gasteiger partial charge in [-0.25, -0.2) is 4.79 Å². The molecule has 2 aliphatic rings. The fourth-order valence-corrected chi connectivity index (χ4v) is 3.79. The van der Waals surface area contributed by atoms with E-state index in [0.717, 1.165) is 45.9 Å². The highest BCUT2D eigenvalue weighted by molar-refractivity contribution is 5.95. The van der Waals surface area contributed by atoms with E-state index in [9.17, 15) is 9.59 Å². The molecule has 0 radical (unpaired) electrons. The van der Waals surface area contributed by atoms with Gasteiger partial charge < -0.3 is 25.4 Å². The standard InChI is InChI=1S/C21H32N4O4/c1-15(2)23-21(27)24-18-5-3-16(4-6-18)20(26)22-13-19(17-7-10-29-14-17)25-8-11-28-12-9-25/h3-6,15,17,19H,7-14H2,1-2H3,(H,22,26)(H2,23,24,27). The summed E-state index contributed by atoms with van der Waals surface area (Å²) in [7, 11) is 0.